The third-order valence-electron chi connectivity index (χ3n) is 7.11. The Bertz CT molecular complexity index is 931. The molecule has 164 valence electrons. The molecular weight excluding hydrogens is 395 g/mol. The molecule has 1 saturated carbocycles. The van der Waals surface area contributed by atoms with Crippen LogP contribution in [-0.4, -0.2) is 66.1 Å². The number of amides is 1. The van der Waals surface area contributed by atoms with Crippen molar-refractivity contribution >= 4 is 11.6 Å². The number of nitrogens with two attached hydrogens (primary N) is 1. The molecule has 2 aromatic rings. The zero-order valence-electron chi connectivity index (χ0n) is 17.7. The van der Waals surface area contributed by atoms with Gasteiger partial charge in [-0.2, -0.15) is 0 Å². The number of ether oxygens (including phenoxy) is 1. The number of morpholine rings is 1. The molecule has 2 unspecified atom stereocenters. The standard InChI is InChI=1S/C24H29FN4O2/c25-19-3-1-16(2-4-19)22-6-5-21(26)23(27-22)13-24(30)29-14-17-11-20(12-18(17)15-29)28-7-9-31-10-8-28/h1-6,17-18,20H,7-15,26H2. The van der Waals surface area contributed by atoms with E-state index >= 15 is 0 Å². The van der Waals surface area contributed by atoms with Gasteiger partial charge in [0.1, 0.15) is 5.82 Å². The summed E-state index contributed by atoms with van der Waals surface area (Å²) in [6.45, 7) is 5.40. The van der Waals surface area contributed by atoms with Crippen molar-refractivity contribution in [2.75, 3.05) is 45.1 Å². The molecule has 1 aliphatic carbocycles. The smallest absolute Gasteiger partial charge is 0.228 e. The lowest BCUT2D eigenvalue weighted by atomic mass is 10.0. The summed E-state index contributed by atoms with van der Waals surface area (Å²) in [5, 5.41) is 0. The maximum atomic E-state index is 13.2. The molecule has 1 aromatic carbocycles. The fraction of sp³-hybridized carbons (Fsp3) is 0.500. The average molecular weight is 425 g/mol. The van der Waals surface area contributed by atoms with Crippen LogP contribution < -0.4 is 5.73 Å². The molecule has 3 aliphatic rings. The first kappa shape index (κ1) is 20.4. The highest BCUT2D eigenvalue weighted by molar-refractivity contribution is 5.80. The first-order valence-electron chi connectivity index (χ1n) is 11.2. The highest BCUT2D eigenvalue weighted by Gasteiger charge is 2.44. The number of carbonyl (C=O) groups is 1. The van der Waals surface area contributed by atoms with E-state index in [0.29, 0.717) is 35.0 Å². The Balaban J connectivity index is 1.21. The molecule has 2 N–H and O–H groups in total. The second-order valence-corrected chi connectivity index (χ2v) is 9.01. The Hall–Kier alpha value is -2.51. The molecule has 1 aromatic heterocycles. The van der Waals surface area contributed by atoms with Crippen molar-refractivity contribution in [3.8, 4) is 11.3 Å². The van der Waals surface area contributed by atoms with E-state index in [1.807, 2.05) is 11.0 Å². The Labute approximate surface area is 182 Å². The van der Waals surface area contributed by atoms with Crippen molar-refractivity contribution in [1.82, 2.24) is 14.8 Å². The minimum Gasteiger partial charge on any atom is -0.397 e. The molecule has 6 nitrogen and oxygen atoms in total. The van der Waals surface area contributed by atoms with E-state index in [-0.39, 0.29) is 18.1 Å². The van der Waals surface area contributed by atoms with Crippen molar-refractivity contribution in [3.05, 3.63) is 47.9 Å². The van der Waals surface area contributed by atoms with Gasteiger partial charge in [0, 0.05) is 37.8 Å². The van der Waals surface area contributed by atoms with E-state index in [4.69, 9.17) is 10.5 Å². The highest BCUT2D eigenvalue weighted by atomic mass is 19.1. The lowest BCUT2D eigenvalue weighted by Gasteiger charge is -2.33. The molecular formula is C24H29FN4O2. The van der Waals surface area contributed by atoms with Gasteiger partial charge in [-0.15, -0.1) is 0 Å². The summed E-state index contributed by atoms with van der Waals surface area (Å²) >= 11 is 0. The molecule has 5 rings (SSSR count). The molecule has 1 amide bonds. The summed E-state index contributed by atoms with van der Waals surface area (Å²) in [7, 11) is 0. The topological polar surface area (TPSA) is 71.7 Å². The first-order chi connectivity index (χ1) is 15.1. The van der Waals surface area contributed by atoms with Crippen molar-refractivity contribution in [2.45, 2.75) is 25.3 Å². The normalized spacial score (nSPS) is 26.2. The maximum absolute atomic E-state index is 13.2. The van der Waals surface area contributed by atoms with Crippen LogP contribution >= 0.6 is 0 Å². The number of halogens is 1. The van der Waals surface area contributed by atoms with E-state index < -0.39 is 0 Å². The molecule has 2 atom stereocenters. The number of nitrogens with zero attached hydrogens (tertiary/aromatic N) is 3. The summed E-state index contributed by atoms with van der Waals surface area (Å²) < 4.78 is 18.7. The second-order valence-electron chi connectivity index (χ2n) is 9.01. The number of hydrogen-bond acceptors (Lipinski definition) is 5. The van der Waals surface area contributed by atoms with Crippen LogP contribution in [0, 0.1) is 17.7 Å². The fourth-order valence-electron chi connectivity index (χ4n) is 5.40. The van der Waals surface area contributed by atoms with Gasteiger partial charge in [0.05, 0.1) is 36.7 Å². The first-order valence-corrected chi connectivity index (χ1v) is 11.2. The summed E-state index contributed by atoms with van der Waals surface area (Å²) in [5.74, 6) is 0.984. The van der Waals surface area contributed by atoms with Crippen molar-refractivity contribution in [1.29, 1.82) is 0 Å². The van der Waals surface area contributed by atoms with Crippen LogP contribution in [0.4, 0.5) is 10.1 Å². The fourth-order valence-corrected chi connectivity index (χ4v) is 5.40. The summed E-state index contributed by atoms with van der Waals surface area (Å²) in [5.41, 5.74) is 8.74. The van der Waals surface area contributed by atoms with Gasteiger partial charge in [-0.3, -0.25) is 14.7 Å². The minimum atomic E-state index is -0.287. The third-order valence-corrected chi connectivity index (χ3v) is 7.11. The van der Waals surface area contributed by atoms with Crippen LogP contribution in [0.1, 0.15) is 18.5 Å². The third kappa shape index (κ3) is 4.29. The van der Waals surface area contributed by atoms with E-state index in [2.05, 4.69) is 9.88 Å². The van der Waals surface area contributed by atoms with Gasteiger partial charge in [0.15, 0.2) is 0 Å². The number of aromatic nitrogens is 1. The largest absolute Gasteiger partial charge is 0.397 e. The van der Waals surface area contributed by atoms with Crippen LogP contribution in [0.2, 0.25) is 0 Å². The van der Waals surface area contributed by atoms with E-state index in [0.717, 1.165) is 45.0 Å². The van der Waals surface area contributed by atoms with Gasteiger partial charge in [-0.05, 0) is 61.1 Å². The number of hydrogen-bond donors (Lipinski definition) is 1. The molecule has 7 heteroatoms. The van der Waals surface area contributed by atoms with Crippen molar-refractivity contribution in [3.63, 3.8) is 0 Å². The lowest BCUT2D eigenvalue weighted by molar-refractivity contribution is -0.129. The maximum Gasteiger partial charge on any atom is 0.228 e. The molecule has 3 fully saturated rings. The zero-order valence-corrected chi connectivity index (χ0v) is 17.7. The van der Waals surface area contributed by atoms with Crippen molar-refractivity contribution in [2.24, 2.45) is 11.8 Å². The van der Waals surface area contributed by atoms with E-state index in [1.165, 1.54) is 25.0 Å². The van der Waals surface area contributed by atoms with Gasteiger partial charge in [0.25, 0.3) is 0 Å². The number of anilines is 1. The number of likely N-dealkylation sites (tertiary alicyclic amines) is 1. The van der Waals surface area contributed by atoms with Gasteiger partial charge in [-0.1, -0.05) is 0 Å². The summed E-state index contributed by atoms with van der Waals surface area (Å²) in [4.78, 5) is 22.2. The van der Waals surface area contributed by atoms with E-state index in [9.17, 15) is 9.18 Å². The summed E-state index contributed by atoms with van der Waals surface area (Å²) in [6, 6.07) is 10.4. The lowest BCUT2D eigenvalue weighted by Crippen LogP contribution is -2.43. The predicted molar refractivity (Wildman–Crippen MR) is 117 cm³/mol. The Morgan fingerprint density at radius 2 is 1.74 bits per heavy atom. The molecule has 0 spiro atoms. The SMILES string of the molecule is Nc1ccc(-c2ccc(F)cc2)nc1CC(=O)N1CC2CC(N3CCOCC3)CC2C1. The Morgan fingerprint density at radius 3 is 2.42 bits per heavy atom. The predicted octanol–water partition coefficient (Wildman–Crippen LogP) is 2.58. The van der Waals surface area contributed by atoms with Crippen molar-refractivity contribution < 1.29 is 13.9 Å². The van der Waals surface area contributed by atoms with Gasteiger partial charge < -0.3 is 15.4 Å². The Kier molecular flexibility index (Phi) is 5.63. The van der Waals surface area contributed by atoms with Crippen LogP contribution in [0.25, 0.3) is 11.3 Å². The zero-order chi connectivity index (χ0) is 21.4. The summed E-state index contributed by atoms with van der Waals surface area (Å²) in [6.07, 6.45) is 2.55. The quantitative estimate of drug-likeness (QED) is 0.817. The Morgan fingerprint density at radius 1 is 1.06 bits per heavy atom. The number of rotatable bonds is 4. The number of fused-ring (bicyclic) bond motifs is 1. The molecule has 0 bridgehead atoms. The molecule has 2 saturated heterocycles. The minimum absolute atomic E-state index is 0.0905. The van der Waals surface area contributed by atoms with E-state index in [1.54, 1.807) is 18.2 Å². The number of benzene rings is 1. The molecule has 2 aliphatic heterocycles. The van der Waals surface area contributed by atoms with Crippen LogP contribution in [0.3, 0.4) is 0 Å². The number of carbonyl (C=O) groups excluding carboxylic acids is 1. The average Bonchev–Trinajstić information content (AvgIpc) is 3.36. The molecule has 31 heavy (non-hydrogen) atoms. The number of pyridine rings is 1. The van der Waals surface area contributed by atoms with Crippen LogP contribution in [-0.2, 0) is 16.0 Å². The van der Waals surface area contributed by atoms with Crippen LogP contribution in [0.5, 0.6) is 0 Å². The highest BCUT2D eigenvalue weighted by Crippen LogP contribution is 2.40. The number of nitrogen functional groups attached to an aromatic ring is 1. The van der Waals surface area contributed by atoms with Crippen LogP contribution in [0.15, 0.2) is 36.4 Å². The van der Waals surface area contributed by atoms with Gasteiger partial charge in [-0.25, -0.2) is 4.39 Å². The van der Waals surface area contributed by atoms with Gasteiger partial charge >= 0.3 is 0 Å². The van der Waals surface area contributed by atoms with Gasteiger partial charge in [0.2, 0.25) is 5.91 Å². The second kappa shape index (κ2) is 8.55. The molecule has 3 heterocycles. The molecule has 0 radical (unpaired) electrons. The monoisotopic (exact) mass is 424 g/mol.